The molecule has 18 heavy (non-hydrogen) atoms. The minimum absolute atomic E-state index is 0.775. The number of nitrogens with one attached hydrogen (secondary N) is 1. The molecule has 2 saturated heterocycles. The van der Waals surface area contributed by atoms with Crippen LogP contribution in [-0.2, 0) is 4.74 Å². The van der Waals surface area contributed by atoms with Crippen LogP contribution in [0.1, 0.15) is 25.7 Å². The fourth-order valence-electron chi connectivity index (χ4n) is 3.72. The lowest BCUT2D eigenvalue weighted by atomic mass is 9.87. The number of hydrogen-bond acceptors (Lipinski definition) is 4. The van der Waals surface area contributed by atoms with Gasteiger partial charge in [-0.2, -0.15) is 0 Å². The predicted octanol–water partition coefficient (Wildman–Crippen LogP) is 0.535. The van der Waals surface area contributed by atoms with Crippen molar-refractivity contribution in [2.75, 3.05) is 52.5 Å². The second kappa shape index (κ2) is 6.33. The summed E-state index contributed by atoms with van der Waals surface area (Å²) in [6.45, 7) is 9.01. The Labute approximate surface area is 111 Å². The molecule has 0 aromatic rings. The zero-order valence-corrected chi connectivity index (χ0v) is 11.4. The summed E-state index contributed by atoms with van der Waals surface area (Å²) in [4.78, 5) is 5.30. The van der Waals surface area contributed by atoms with Gasteiger partial charge in [-0.05, 0) is 12.8 Å². The number of morpholine rings is 1. The van der Waals surface area contributed by atoms with Crippen LogP contribution in [0.4, 0.5) is 0 Å². The smallest absolute Gasteiger partial charge is 0.0594 e. The average molecular weight is 253 g/mol. The molecule has 4 heteroatoms. The Bertz CT molecular complexity index is 253. The van der Waals surface area contributed by atoms with E-state index in [9.17, 15) is 0 Å². The van der Waals surface area contributed by atoms with Crippen LogP contribution in [-0.4, -0.2) is 74.4 Å². The SMILES string of the molecule is C1CC[C@@H]2[C@H](C1)NCCN2CCN1CCOCC1. The summed E-state index contributed by atoms with van der Waals surface area (Å²) in [5.74, 6) is 0. The maximum atomic E-state index is 5.41. The first-order chi connectivity index (χ1) is 8.93. The van der Waals surface area contributed by atoms with Gasteiger partial charge in [0.1, 0.15) is 0 Å². The molecule has 1 aliphatic carbocycles. The highest BCUT2D eigenvalue weighted by atomic mass is 16.5. The van der Waals surface area contributed by atoms with E-state index in [0.717, 1.165) is 38.4 Å². The zero-order chi connectivity index (χ0) is 12.2. The van der Waals surface area contributed by atoms with E-state index in [-0.39, 0.29) is 0 Å². The molecule has 0 bridgehead atoms. The van der Waals surface area contributed by atoms with Crippen molar-refractivity contribution in [3.63, 3.8) is 0 Å². The maximum absolute atomic E-state index is 5.41. The lowest BCUT2D eigenvalue weighted by Gasteiger charge is -2.45. The lowest BCUT2D eigenvalue weighted by Crippen LogP contribution is -2.60. The summed E-state index contributed by atoms with van der Waals surface area (Å²) in [5.41, 5.74) is 0. The topological polar surface area (TPSA) is 27.7 Å². The van der Waals surface area contributed by atoms with Gasteiger partial charge in [0.05, 0.1) is 13.2 Å². The van der Waals surface area contributed by atoms with Gasteiger partial charge in [-0.15, -0.1) is 0 Å². The standard InChI is InChI=1S/C14H27N3O/c1-2-4-14-13(3-1)15-5-6-17(14)8-7-16-9-11-18-12-10-16/h13-15H,1-12H2/t13-,14+/m0/s1. The first-order valence-corrected chi connectivity index (χ1v) is 7.71. The molecule has 3 aliphatic rings. The van der Waals surface area contributed by atoms with Crippen molar-refractivity contribution in [3.05, 3.63) is 0 Å². The first-order valence-electron chi connectivity index (χ1n) is 7.71. The van der Waals surface area contributed by atoms with Gasteiger partial charge < -0.3 is 10.1 Å². The number of fused-ring (bicyclic) bond motifs is 1. The first kappa shape index (κ1) is 12.9. The Kier molecular flexibility index (Phi) is 4.52. The Morgan fingerprint density at radius 3 is 2.72 bits per heavy atom. The van der Waals surface area contributed by atoms with E-state index in [4.69, 9.17) is 4.74 Å². The molecule has 0 aromatic carbocycles. The minimum atomic E-state index is 0.775. The van der Waals surface area contributed by atoms with Gasteiger partial charge in [0.25, 0.3) is 0 Å². The summed E-state index contributed by atoms with van der Waals surface area (Å²) in [7, 11) is 0. The molecule has 0 amide bonds. The van der Waals surface area contributed by atoms with Crippen molar-refractivity contribution >= 4 is 0 Å². The Hall–Kier alpha value is -0.160. The number of ether oxygens (including phenoxy) is 1. The molecule has 0 aromatic heterocycles. The second-order valence-electron chi connectivity index (χ2n) is 5.90. The van der Waals surface area contributed by atoms with Gasteiger partial charge in [-0.1, -0.05) is 12.8 Å². The van der Waals surface area contributed by atoms with Crippen molar-refractivity contribution in [2.24, 2.45) is 0 Å². The van der Waals surface area contributed by atoms with Gasteiger partial charge in [-0.3, -0.25) is 9.80 Å². The Morgan fingerprint density at radius 2 is 1.83 bits per heavy atom. The summed E-state index contributed by atoms with van der Waals surface area (Å²) in [6, 6.07) is 1.59. The van der Waals surface area contributed by atoms with E-state index in [2.05, 4.69) is 15.1 Å². The minimum Gasteiger partial charge on any atom is -0.379 e. The quantitative estimate of drug-likeness (QED) is 0.794. The average Bonchev–Trinajstić information content (AvgIpc) is 2.46. The van der Waals surface area contributed by atoms with Gasteiger partial charge in [-0.25, -0.2) is 0 Å². The highest BCUT2D eigenvalue weighted by molar-refractivity contribution is 4.92. The third kappa shape index (κ3) is 3.05. The van der Waals surface area contributed by atoms with E-state index < -0.39 is 0 Å². The predicted molar refractivity (Wildman–Crippen MR) is 72.9 cm³/mol. The fraction of sp³-hybridized carbons (Fsp3) is 1.00. The number of hydrogen-bond donors (Lipinski definition) is 1. The third-order valence-electron chi connectivity index (χ3n) is 4.81. The van der Waals surface area contributed by atoms with Gasteiger partial charge in [0.15, 0.2) is 0 Å². The molecular weight excluding hydrogens is 226 g/mol. The molecule has 0 unspecified atom stereocenters. The molecule has 104 valence electrons. The van der Waals surface area contributed by atoms with E-state index >= 15 is 0 Å². The highest BCUT2D eigenvalue weighted by Gasteiger charge is 2.32. The van der Waals surface area contributed by atoms with Gasteiger partial charge in [0, 0.05) is 51.4 Å². The van der Waals surface area contributed by atoms with Crippen molar-refractivity contribution in [1.29, 1.82) is 0 Å². The Morgan fingerprint density at radius 1 is 1.00 bits per heavy atom. The third-order valence-corrected chi connectivity index (χ3v) is 4.81. The van der Waals surface area contributed by atoms with Crippen molar-refractivity contribution in [3.8, 4) is 0 Å². The molecule has 3 fully saturated rings. The normalized spacial score (nSPS) is 35.3. The van der Waals surface area contributed by atoms with E-state index in [0.29, 0.717) is 0 Å². The number of rotatable bonds is 3. The van der Waals surface area contributed by atoms with Crippen LogP contribution in [0, 0.1) is 0 Å². The summed E-state index contributed by atoms with van der Waals surface area (Å²) in [6.07, 6.45) is 5.64. The fourth-order valence-corrected chi connectivity index (χ4v) is 3.72. The van der Waals surface area contributed by atoms with Crippen LogP contribution < -0.4 is 5.32 Å². The maximum Gasteiger partial charge on any atom is 0.0594 e. The molecule has 0 radical (unpaired) electrons. The molecule has 1 saturated carbocycles. The van der Waals surface area contributed by atoms with Crippen LogP contribution in [0.15, 0.2) is 0 Å². The van der Waals surface area contributed by atoms with Crippen LogP contribution in [0.2, 0.25) is 0 Å². The second-order valence-corrected chi connectivity index (χ2v) is 5.90. The highest BCUT2D eigenvalue weighted by Crippen LogP contribution is 2.25. The van der Waals surface area contributed by atoms with Gasteiger partial charge in [0.2, 0.25) is 0 Å². The molecule has 2 aliphatic heterocycles. The summed E-state index contributed by atoms with van der Waals surface area (Å²) < 4.78 is 5.41. The van der Waals surface area contributed by atoms with Crippen LogP contribution in [0.3, 0.4) is 0 Å². The molecule has 2 atom stereocenters. The van der Waals surface area contributed by atoms with Crippen LogP contribution >= 0.6 is 0 Å². The van der Waals surface area contributed by atoms with Crippen LogP contribution in [0.25, 0.3) is 0 Å². The Balaban J connectivity index is 1.48. The van der Waals surface area contributed by atoms with E-state index in [1.54, 1.807) is 0 Å². The molecule has 0 spiro atoms. The van der Waals surface area contributed by atoms with Gasteiger partial charge >= 0.3 is 0 Å². The van der Waals surface area contributed by atoms with Crippen molar-refractivity contribution < 1.29 is 4.74 Å². The summed E-state index contributed by atoms with van der Waals surface area (Å²) in [5, 5.41) is 3.71. The largest absolute Gasteiger partial charge is 0.379 e. The summed E-state index contributed by atoms with van der Waals surface area (Å²) >= 11 is 0. The van der Waals surface area contributed by atoms with Crippen LogP contribution in [0.5, 0.6) is 0 Å². The number of nitrogens with zero attached hydrogens (tertiary/aromatic N) is 2. The lowest BCUT2D eigenvalue weighted by molar-refractivity contribution is 0.0227. The monoisotopic (exact) mass is 253 g/mol. The molecule has 3 rings (SSSR count). The molecule has 4 nitrogen and oxygen atoms in total. The van der Waals surface area contributed by atoms with E-state index in [1.165, 1.54) is 51.9 Å². The number of piperazine rings is 1. The van der Waals surface area contributed by atoms with E-state index in [1.807, 2.05) is 0 Å². The van der Waals surface area contributed by atoms with Crippen molar-refractivity contribution in [2.45, 2.75) is 37.8 Å². The molecule has 1 N–H and O–H groups in total. The van der Waals surface area contributed by atoms with Crippen molar-refractivity contribution in [1.82, 2.24) is 15.1 Å². The zero-order valence-electron chi connectivity index (χ0n) is 11.4. The molecular formula is C14H27N3O. The molecule has 2 heterocycles.